The third kappa shape index (κ3) is 4.15. The molecule has 0 aromatic carbocycles. The molecule has 2 fully saturated rings. The smallest absolute Gasteiger partial charge is 0.417 e. The average molecular weight is 353 g/mol. The summed E-state index contributed by atoms with van der Waals surface area (Å²) in [5.41, 5.74) is -0.690. The highest BCUT2D eigenvalue weighted by atomic mass is 16.6. The maximum absolute atomic E-state index is 12.8. The Balaban J connectivity index is 2.25. The van der Waals surface area contributed by atoms with E-state index in [1.54, 1.807) is 20.8 Å². The lowest BCUT2D eigenvalue weighted by molar-refractivity contribution is -0.148. The van der Waals surface area contributed by atoms with E-state index in [9.17, 15) is 14.4 Å². The lowest BCUT2D eigenvalue weighted by Gasteiger charge is -2.29. The van der Waals surface area contributed by atoms with E-state index in [4.69, 9.17) is 9.47 Å². The van der Waals surface area contributed by atoms with Crippen LogP contribution in [0.25, 0.3) is 0 Å². The van der Waals surface area contributed by atoms with Crippen LogP contribution in [-0.4, -0.2) is 40.6 Å². The summed E-state index contributed by atoms with van der Waals surface area (Å²) in [6, 6.07) is -0.442. The first-order valence-electron chi connectivity index (χ1n) is 9.19. The number of carbonyl (C=O) groups excluding carboxylic acids is 3. The van der Waals surface area contributed by atoms with Gasteiger partial charge in [0.1, 0.15) is 11.7 Å². The minimum Gasteiger partial charge on any atom is -0.460 e. The minimum absolute atomic E-state index is 0.112. The summed E-state index contributed by atoms with van der Waals surface area (Å²) in [6.45, 7) is 13.2. The van der Waals surface area contributed by atoms with E-state index >= 15 is 0 Å². The monoisotopic (exact) mass is 353 g/mol. The Hall–Kier alpha value is -1.59. The van der Waals surface area contributed by atoms with Crippen LogP contribution < -0.4 is 0 Å². The highest BCUT2D eigenvalue weighted by Gasteiger charge is 2.52. The molecule has 2 aliphatic rings. The van der Waals surface area contributed by atoms with Gasteiger partial charge in [-0.15, -0.1) is 0 Å². The van der Waals surface area contributed by atoms with Crippen LogP contribution in [-0.2, 0) is 19.1 Å². The first-order valence-corrected chi connectivity index (χ1v) is 9.19. The second-order valence-corrected chi connectivity index (χ2v) is 8.90. The number of hydrogen-bond donors (Lipinski definition) is 0. The molecule has 2 saturated heterocycles. The number of hydrogen-bond acceptors (Lipinski definition) is 5. The van der Waals surface area contributed by atoms with Crippen LogP contribution in [0.5, 0.6) is 0 Å². The van der Waals surface area contributed by atoms with Crippen molar-refractivity contribution < 1.29 is 23.9 Å². The highest BCUT2D eigenvalue weighted by molar-refractivity contribution is 5.96. The molecule has 2 unspecified atom stereocenters. The molecule has 2 amide bonds. The molecule has 25 heavy (non-hydrogen) atoms. The summed E-state index contributed by atoms with van der Waals surface area (Å²) >= 11 is 0. The number of nitrogens with zero attached hydrogens (tertiary/aromatic N) is 1. The fraction of sp³-hybridized carbons (Fsp3) is 0.842. The van der Waals surface area contributed by atoms with Gasteiger partial charge in [-0.05, 0) is 45.4 Å². The highest BCUT2D eigenvalue weighted by Crippen LogP contribution is 2.39. The SMILES string of the molecule is CC(C)[C@@H]1CC(C2C[C@@H](C(C)C)C(=O)N2C(=O)OC(C)(C)C)OC1=O. The second-order valence-electron chi connectivity index (χ2n) is 8.90. The summed E-state index contributed by atoms with van der Waals surface area (Å²) in [6.07, 6.45) is -0.0355. The van der Waals surface area contributed by atoms with E-state index in [0.29, 0.717) is 12.8 Å². The van der Waals surface area contributed by atoms with Crippen molar-refractivity contribution in [1.82, 2.24) is 4.90 Å². The molecule has 0 bridgehead atoms. The summed E-state index contributed by atoms with van der Waals surface area (Å²) < 4.78 is 11.0. The van der Waals surface area contributed by atoms with Gasteiger partial charge in [-0.1, -0.05) is 27.7 Å². The quantitative estimate of drug-likeness (QED) is 0.727. The lowest BCUT2D eigenvalue weighted by atomic mass is 9.88. The van der Waals surface area contributed by atoms with E-state index in [0.717, 1.165) is 0 Å². The maximum atomic E-state index is 12.8. The predicted molar refractivity (Wildman–Crippen MR) is 92.6 cm³/mol. The van der Waals surface area contributed by atoms with Crippen molar-refractivity contribution >= 4 is 18.0 Å². The van der Waals surface area contributed by atoms with Crippen molar-refractivity contribution in [2.45, 2.75) is 79.1 Å². The van der Waals surface area contributed by atoms with E-state index in [2.05, 4.69) is 0 Å². The van der Waals surface area contributed by atoms with Gasteiger partial charge >= 0.3 is 12.1 Å². The van der Waals surface area contributed by atoms with Crippen LogP contribution >= 0.6 is 0 Å². The van der Waals surface area contributed by atoms with Crippen LogP contribution in [0.3, 0.4) is 0 Å². The molecular formula is C19H31NO5. The molecule has 0 radical (unpaired) electrons. The molecule has 0 spiro atoms. The minimum atomic E-state index is -0.690. The molecule has 142 valence electrons. The zero-order valence-electron chi connectivity index (χ0n) is 16.4. The molecule has 6 heteroatoms. The first-order chi connectivity index (χ1) is 11.4. The molecule has 2 heterocycles. The molecule has 6 nitrogen and oxygen atoms in total. The van der Waals surface area contributed by atoms with Crippen LogP contribution in [0, 0.1) is 23.7 Å². The number of esters is 1. The first kappa shape index (κ1) is 19.7. The van der Waals surface area contributed by atoms with Gasteiger partial charge in [0.15, 0.2) is 0 Å². The van der Waals surface area contributed by atoms with Gasteiger partial charge in [0, 0.05) is 5.92 Å². The van der Waals surface area contributed by atoms with Crippen molar-refractivity contribution in [3.05, 3.63) is 0 Å². The van der Waals surface area contributed by atoms with Crippen molar-refractivity contribution in [2.75, 3.05) is 0 Å². The third-order valence-corrected chi connectivity index (χ3v) is 5.07. The predicted octanol–water partition coefficient (Wildman–Crippen LogP) is 3.38. The average Bonchev–Trinajstić information content (AvgIpc) is 2.97. The van der Waals surface area contributed by atoms with Crippen molar-refractivity contribution in [2.24, 2.45) is 23.7 Å². The molecular weight excluding hydrogens is 322 g/mol. The number of rotatable bonds is 3. The van der Waals surface area contributed by atoms with Gasteiger partial charge < -0.3 is 9.47 Å². The maximum Gasteiger partial charge on any atom is 0.417 e. The van der Waals surface area contributed by atoms with Gasteiger partial charge in [-0.2, -0.15) is 0 Å². The zero-order valence-corrected chi connectivity index (χ0v) is 16.4. The lowest BCUT2D eigenvalue weighted by Crippen LogP contribution is -2.47. The topological polar surface area (TPSA) is 72.9 Å². The Labute approximate surface area is 150 Å². The Morgan fingerprint density at radius 2 is 1.64 bits per heavy atom. The van der Waals surface area contributed by atoms with Crippen molar-refractivity contribution in [1.29, 1.82) is 0 Å². The number of likely N-dealkylation sites (tertiary alicyclic amines) is 1. The summed E-state index contributed by atoms with van der Waals surface area (Å²) in [5.74, 6) is -0.609. The Kier molecular flexibility index (Phi) is 5.50. The van der Waals surface area contributed by atoms with Gasteiger partial charge in [-0.3, -0.25) is 9.59 Å². The Bertz CT molecular complexity index is 549. The Morgan fingerprint density at radius 1 is 1.08 bits per heavy atom. The summed E-state index contributed by atoms with van der Waals surface area (Å²) in [5, 5.41) is 0. The summed E-state index contributed by atoms with van der Waals surface area (Å²) in [7, 11) is 0. The van der Waals surface area contributed by atoms with Gasteiger partial charge in [0.05, 0.1) is 12.0 Å². The van der Waals surface area contributed by atoms with E-state index in [-0.39, 0.29) is 35.5 Å². The van der Waals surface area contributed by atoms with Gasteiger partial charge in [0.25, 0.3) is 0 Å². The van der Waals surface area contributed by atoms with Crippen LogP contribution in [0.1, 0.15) is 61.3 Å². The number of cyclic esters (lactones) is 1. The van der Waals surface area contributed by atoms with Crippen LogP contribution in [0.2, 0.25) is 0 Å². The van der Waals surface area contributed by atoms with E-state index < -0.39 is 23.8 Å². The molecule has 0 aromatic heterocycles. The molecule has 0 saturated carbocycles. The standard InChI is InChI=1S/C19H31NO5/c1-10(2)12-8-14(15-9-13(11(3)4)17(22)24-15)20(16(12)21)18(23)25-19(5,6)7/h10-15H,8-9H2,1-7H3/t12-,13-,14?,15?/m0/s1. The fourth-order valence-corrected chi connectivity index (χ4v) is 3.63. The summed E-state index contributed by atoms with van der Waals surface area (Å²) in [4.78, 5) is 38.8. The van der Waals surface area contributed by atoms with E-state index in [1.165, 1.54) is 4.90 Å². The number of carbonyl (C=O) groups is 3. The fourth-order valence-electron chi connectivity index (χ4n) is 3.63. The van der Waals surface area contributed by atoms with Crippen LogP contribution in [0.4, 0.5) is 4.79 Å². The van der Waals surface area contributed by atoms with Crippen molar-refractivity contribution in [3.63, 3.8) is 0 Å². The van der Waals surface area contributed by atoms with Gasteiger partial charge in [-0.25, -0.2) is 9.69 Å². The molecule has 0 aromatic rings. The van der Waals surface area contributed by atoms with Crippen LogP contribution in [0.15, 0.2) is 0 Å². The van der Waals surface area contributed by atoms with Gasteiger partial charge in [0.2, 0.25) is 5.91 Å². The normalized spacial score (nSPS) is 30.4. The zero-order chi connectivity index (χ0) is 19.1. The third-order valence-electron chi connectivity index (χ3n) is 5.07. The molecule has 0 aliphatic carbocycles. The molecule has 2 aliphatic heterocycles. The molecule has 2 rings (SSSR count). The second kappa shape index (κ2) is 6.96. The molecule has 4 atom stereocenters. The Morgan fingerprint density at radius 3 is 2.08 bits per heavy atom. The van der Waals surface area contributed by atoms with Crippen molar-refractivity contribution in [3.8, 4) is 0 Å². The number of amides is 2. The number of ether oxygens (including phenoxy) is 2. The molecule has 0 N–H and O–H groups in total. The van der Waals surface area contributed by atoms with E-state index in [1.807, 2.05) is 27.7 Å². The largest absolute Gasteiger partial charge is 0.460 e. The number of imide groups is 1.